The highest BCUT2D eigenvalue weighted by Gasteiger charge is 2.32. The molecule has 8 nitrogen and oxygen atoms in total. The number of hydrogen-bond donors (Lipinski definition) is 1. The van der Waals surface area contributed by atoms with Crippen LogP contribution in [0.5, 0.6) is 5.75 Å². The number of carbonyl (C=O) groups is 2. The molecule has 202 valence electrons. The minimum absolute atomic E-state index is 0.0475. The van der Waals surface area contributed by atoms with E-state index in [2.05, 4.69) is 5.32 Å². The minimum atomic E-state index is -4.12. The third-order valence-corrected chi connectivity index (χ3v) is 7.81. The van der Waals surface area contributed by atoms with E-state index >= 15 is 0 Å². The number of carbonyl (C=O) groups excluding carboxylic acids is 2. The van der Waals surface area contributed by atoms with Gasteiger partial charge in [-0.3, -0.25) is 13.9 Å². The highest BCUT2D eigenvalue weighted by atomic mass is 32.2. The first-order chi connectivity index (χ1) is 18.0. The van der Waals surface area contributed by atoms with Gasteiger partial charge in [-0.05, 0) is 57.5 Å². The minimum Gasteiger partial charge on any atom is -0.497 e. The van der Waals surface area contributed by atoms with E-state index in [9.17, 15) is 18.0 Å². The quantitative estimate of drug-likeness (QED) is 0.397. The van der Waals surface area contributed by atoms with E-state index in [0.29, 0.717) is 5.75 Å². The number of benzene rings is 3. The van der Waals surface area contributed by atoms with E-state index in [4.69, 9.17) is 4.74 Å². The maximum Gasteiger partial charge on any atom is 0.264 e. The van der Waals surface area contributed by atoms with Crippen molar-refractivity contribution in [2.75, 3.05) is 18.0 Å². The van der Waals surface area contributed by atoms with E-state index in [1.807, 2.05) is 45.0 Å². The van der Waals surface area contributed by atoms with Crippen molar-refractivity contribution in [2.45, 2.75) is 51.2 Å². The van der Waals surface area contributed by atoms with Crippen LogP contribution in [0.1, 0.15) is 31.9 Å². The second-order valence-corrected chi connectivity index (χ2v) is 11.2. The molecule has 1 atom stereocenters. The van der Waals surface area contributed by atoms with Crippen LogP contribution in [-0.2, 0) is 26.2 Å². The lowest BCUT2D eigenvalue weighted by molar-refractivity contribution is -0.139. The molecule has 0 fully saturated rings. The number of nitrogens with one attached hydrogen (secondary N) is 1. The van der Waals surface area contributed by atoms with E-state index in [-0.39, 0.29) is 29.1 Å². The van der Waals surface area contributed by atoms with Crippen molar-refractivity contribution in [3.8, 4) is 5.75 Å². The van der Waals surface area contributed by atoms with Gasteiger partial charge >= 0.3 is 0 Å². The molecule has 0 aliphatic heterocycles. The Kier molecular flexibility index (Phi) is 9.52. The molecule has 38 heavy (non-hydrogen) atoms. The highest BCUT2D eigenvalue weighted by Crippen LogP contribution is 2.27. The van der Waals surface area contributed by atoms with Crippen molar-refractivity contribution in [1.29, 1.82) is 0 Å². The lowest BCUT2D eigenvalue weighted by Crippen LogP contribution is -2.52. The molecule has 0 bridgehead atoms. The highest BCUT2D eigenvalue weighted by molar-refractivity contribution is 7.92. The molecule has 0 aliphatic rings. The van der Waals surface area contributed by atoms with Crippen molar-refractivity contribution < 1.29 is 22.7 Å². The fourth-order valence-corrected chi connectivity index (χ4v) is 5.32. The second kappa shape index (κ2) is 12.6. The Morgan fingerprint density at radius 2 is 1.58 bits per heavy atom. The zero-order valence-corrected chi connectivity index (χ0v) is 23.2. The van der Waals surface area contributed by atoms with Gasteiger partial charge in [-0.15, -0.1) is 0 Å². The van der Waals surface area contributed by atoms with Crippen molar-refractivity contribution in [3.05, 3.63) is 90.0 Å². The molecule has 0 saturated carbocycles. The Labute approximate surface area is 225 Å². The Bertz CT molecular complexity index is 1340. The summed E-state index contributed by atoms with van der Waals surface area (Å²) < 4.78 is 33.9. The van der Waals surface area contributed by atoms with Crippen LogP contribution < -0.4 is 14.4 Å². The fraction of sp³-hybridized carbons (Fsp3) is 0.310. The van der Waals surface area contributed by atoms with Crippen LogP contribution in [0.15, 0.2) is 83.8 Å². The molecule has 3 aromatic rings. The average molecular weight is 538 g/mol. The lowest BCUT2D eigenvalue weighted by atomic mass is 10.1. The molecular formula is C29H35N3O5S. The Morgan fingerprint density at radius 3 is 2.18 bits per heavy atom. The number of amides is 2. The van der Waals surface area contributed by atoms with Gasteiger partial charge in [0, 0.05) is 18.7 Å². The van der Waals surface area contributed by atoms with Crippen molar-refractivity contribution in [1.82, 2.24) is 10.2 Å². The van der Waals surface area contributed by atoms with Crippen LogP contribution in [0.3, 0.4) is 0 Å². The Hall–Kier alpha value is -3.85. The average Bonchev–Trinajstić information content (AvgIpc) is 2.90. The molecule has 3 aromatic carbocycles. The van der Waals surface area contributed by atoms with Gasteiger partial charge < -0.3 is 15.0 Å². The van der Waals surface area contributed by atoms with Gasteiger partial charge in [0.1, 0.15) is 18.3 Å². The van der Waals surface area contributed by atoms with Crippen LogP contribution in [0.4, 0.5) is 5.69 Å². The van der Waals surface area contributed by atoms with E-state index in [1.165, 1.54) is 24.1 Å². The fourth-order valence-electron chi connectivity index (χ4n) is 3.89. The summed E-state index contributed by atoms with van der Waals surface area (Å²) in [5.74, 6) is -0.386. The molecule has 1 N–H and O–H groups in total. The third-order valence-electron chi connectivity index (χ3n) is 6.02. The van der Waals surface area contributed by atoms with Crippen molar-refractivity contribution >= 4 is 27.5 Å². The van der Waals surface area contributed by atoms with Crippen LogP contribution in [0, 0.1) is 6.92 Å². The lowest BCUT2D eigenvalue weighted by Gasteiger charge is -2.32. The normalized spacial score (nSPS) is 12.1. The maximum atomic E-state index is 13.9. The first kappa shape index (κ1) is 28.7. The first-order valence-electron chi connectivity index (χ1n) is 12.4. The number of rotatable bonds is 11. The van der Waals surface area contributed by atoms with Gasteiger partial charge in [-0.25, -0.2) is 8.42 Å². The van der Waals surface area contributed by atoms with Crippen molar-refractivity contribution in [3.63, 3.8) is 0 Å². The van der Waals surface area contributed by atoms with Crippen LogP contribution in [-0.4, -0.2) is 50.9 Å². The number of aryl methyl sites for hydroxylation is 1. The zero-order valence-electron chi connectivity index (χ0n) is 22.4. The molecule has 0 aliphatic carbocycles. The molecule has 0 aromatic heterocycles. The molecular weight excluding hydrogens is 502 g/mol. The van der Waals surface area contributed by atoms with Gasteiger partial charge in [-0.2, -0.15) is 0 Å². The Morgan fingerprint density at radius 1 is 0.921 bits per heavy atom. The van der Waals surface area contributed by atoms with E-state index in [1.54, 1.807) is 49.4 Å². The summed E-state index contributed by atoms with van der Waals surface area (Å²) in [5, 5.41) is 2.85. The summed E-state index contributed by atoms with van der Waals surface area (Å²) >= 11 is 0. The van der Waals surface area contributed by atoms with Crippen LogP contribution >= 0.6 is 0 Å². The Balaban J connectivity index is 2.03. The standard InChI is InChI=1S/C29H35N3O5S/c1-21(2)30-29(34)23(4)31(19-24-16-14-22(3)15-17-24)28(33)20-32(25-10-9-11-26(18-25)37-5)38(35,36)27-12-7-6-8-13-27/h6-18,21,23H,19-20H2,1-5H3,(H,30,34)/t23-/m0/s1. The topological polar surface area (TPSA) is 96.0 Å². The number of nitrogens with zero attached hydrogens (tertiary/aromatic N) is 2. The summed E-state index contributed by atoms with van der Waals surface area (Å²) in [4.78, 5) is 28.3. The smallest absolute Gasteiger partial charge is 0.264 e. The molecule has 2 amide bonds. The zero-order chi connectivity index (χ0) is 27.9. The SMILES string of the molecule is COc1cccc(N(CC(=O)N(Cc2ccc(C)cc2)[C@@H](C)C(=O)NC(C)C)S(=O)(=O)c2ccccc2)c1. The summed E-state index contributed by atoms with van der Waals surface area (Å²) in [6.07, 6.45) is 0. The molecule has 9 heteroatoms. The number of sulfonamides is 1. The molecule has 0 spiro atoms. The molecule has 0 unspecified atom stereocenters. The van der Waals surface area contributed by atoms with Crippen LogP contribution in [0.2, 0.25) is 0 Å². The number of hydrogen-bond acceptors (Lipinski definition) is 5. The van der Waals surface area contributed by atoms with Gasteiger partial charge in [0.25, 0.3) is 10.0 Å². The first-order valence-corrected chi connectivity index (χ1v) is 13.8. The monoisotopic (exact) mass is 537 g/mol. The molecule has 0 saturated heterocycles. The summed E-state index contributed by atoms with van der Waals surface area (Å²) in [6, 6.07) is 21.2. The largest absolute Gasteiger partial charge is 0.497 e. The van der Waals surface area contributed by atoms with Gasteiger partial charge in [0.05, 0.1) is 17.7 Å². The van der Waals surface area contributed by atoms with Gasteiger partial charge in [0.15, 0.2) is 0 Å². The van der Waals surface area contributed by atoms with Crippen LogP contribution in [0.25, 0.3) is 0 Å². The number of ether oxygens (including phenoxy) is 1. The van der Waals surface area contributed by atoms with Gasteiger partial charge in [0.2, 0.25) is 11.8 Å². The summed E-state index contributed by atoms with van der Waals surface area (Å²) in [6.45, 7) is 6.93. The van der Waals surface area contributed by atoms with E-state index < -0.39 is 28.5 Å². The molecule has 0 heterocycles. The summed E-state index contributed by atoms with van der Waals surface area (Å²) in [5.41, 5.74) is 2.17. The number of methoxy groups -OCH3 is 1. The van der Waals surface area contributed by atoms with Crippen molar-refractivity contribution in [2.24, 2.45) is 0 Å². The third kappa shape index (κ3) is 7.13. The molecule has 0 radical (unpaired) electrons. The predicted octanol–water partition coefficient (Wildman–Crippen LogP) is 4.14. The summed E-state index contributed by atoms with van der Waals surface area (Å²) in [7, 11) is -2.64. The van der Waals surface area contributed by atoms with E-state index in [0.717, 1.165) is 15.4 Å². The predicted molar refractivity (Wildman–Crippen MR) is 148 cm³/mol. The van der Waals surface area contributed by atoms with Gasteiger partial charge in [-0.1, -0.05) is 54.1 Å². The number of anilines is 1. The molecule has 3 rings (SSSR count). The second-order valence-electron chi connectivity index (χ2n) is 9.37. The maximum absolute atomic E-state index is 13.9.